The monoisotopic (exact) mass is 136 g/mol. The summed E-state index contributed by atoms with van der Waals surface area (Å²) in [6.45, 7) is 2.32. The van der Waals surface area contributed by atoms with E-state index in [0.717, 1.165) is 13.1 Å². The molecule has 10 heavy (non-hydrogen) atoms. The van der Waals surface area contributed by atoms with Crippen LogP contribution in [0.15, 0.2) is 11.3 Å². The third-order valence-electron chi connectivity index (χ3n) is 2.27. The van der Waals surface area contributed by atoms with Crippen LogP contribution in [0.4, 0.5) is 0 Å². The normalized spacial score (nSPS) is 24.0. The van der Waals surface area contributed by atoms with Crippen molar-refractivity contribution in [1.82, 2.24) is 10.6 Å². The first-order chi connectivity index (χ1) is 4.97. The molecule has 0 saturated heterocycles. The van der Waals surface area contributed by atoms with Crippen LogP contribution in [0.25, 0.3) is 0 Å². The van der Waals surface area contributed by atoms with E-state index in [1.54, 1.807) is 5.47 Å². The summed E-state index contributed by atoms with van der Waals surface area (Å²) in [5.41, 5.74) is 1.62. The van der Waals surface area contributed by atoms with Crippen LogP contribution < -0.4 is 10.6 Å². The quantitative estimate of drug-likeness (QED) is 0.458. The summed E-state index contributed by atoms with van der Waals surface area (Å²) in [6, 6.07) is 0. The molecule has 0 radical (unpaired) electrons. The molecule has 2 nitrogen and oxygen atoms in total. The zero-order valence-corrected chi connectivity index (χ0v) is 6.24. The summed E-state index contributed by atoms with van der Waals surface area (Å²) in [5.74, 6) is 1.34. The molecule has 0 fully saturated rings. The molecule has 0 spiro atoms. The number of hydrogen-bond donors (Lipinski definition) is 2. The molecule has 0 aliphatic carbocycles. The molecule has 2 aliphatic heterocycles. The molecule has 0 amide bonds. The lowest BCUT2D eigenvalue weighted by Crippen LogP contribution is -2.37. The van der Waals surface area contributed by atoms with Gasteiger partial charge in [-0.05, 0) is 12.8 Å². The number of nitrogens with one attached hydrogen (secondary N) is 2. The molecule has 2 aliphatic rings. The Balaban J connectivity index is 2.14. The fraction of sp³-hybridized carbons (Fsp3) is 0.714. The Kier molecular flexibility index (Phi) is 1.57. The van der Waals surface area contributed by atoms with Gasteiger partial charge < -0.3 is 10.6 Å². The molecule has 2 rings (SSSR count). The van der Waals surface area contributed by atoms with Crippen LogP contribution in [-0.4, -0.2) is 20.4 Å². The van der Waals surface area contributed by atoms with Crippen LogP contribution in [0.1, 0.15) is 12.8 Å². The lowest BCUT2D eigenvalue weighted by atomic mass is 9.62. The average Bonchev–Trinajstić information content (AvgIpc) is 2.05. The zero-order valence-electron chi connectivity index (χ0n) is 6.24. The molecule has 0 aromatic carbocycles. The van der Waals surface area contributed by atoms with Gasteiger partial charge in [-0.15, -0.1) is 0 Å². The first-order valence-electron chi connectivity index (χ1n) is 4.16. The molecule has 54 valence electrons. The summed E-state index contributed by atoms with van der Waals surface area (Å²) in [4.78, 5) is 0. The van der Waals surface area contributed by atoms with E-state index < -0.39 is 0 Å². The lowest BCUT2D eigenvalue weighted by Gasteiger charge is -2.26. The summed E-state index contributed by atoms with van der Waals surface area (Å²) in [7, 11) is 1.31. The smallest absolute Gasteiger partial charge is 0.158 e. The van der Waals surface area contributed by atoms with Crippen molar-refractivity contribution in [2.24, 2.45) is 0 Å². The first-order valence-corrected chi connectivity index (χ1v) is 4.16. The van der Waals surface area contributed by atoms with Crippen LogP contribution >= 0.6 is 0 Å². The first kappa shape index (κ1) is 6.14. The van der Waals surface area contributed by atoms with E-state index in [1.807, 2.05) is 0 Å². The largest absolute Gasteiger partial charge is 0.373 e. The minimum absolute atomic E-state index is 1.16. The Hall–Kier alpha value is -0.595. The van der Waals surface area contributed by atoms with Gasteiger partial charge in [0.15, 0.2) is 7.28 Å². The molecule has 0 unspecified atom stereocenters. The Labute approximate surface area is 62.3 Å². The highest BCUT2D eigenvalue weighted by Gasteiger charge is 2.15. The molecule has 0 bridgehead atoms. The van der Waals surface area contributed by atoms with Crippen molar-refractivity contribution in [3.63, 3.8) is 0 Å². The lowest BCUT2D eigenvalue weighted by molar-refractivity contribution is 0.609. The van der Waals surface area contributed by atoms with Crippen LogP contribution in [0.3, 0.4) is 0 Å². The fourth-order valence-electron chi connectivity index (χ4n) is 1.72. The Morgan fingerprint density at radius 2 is 2.10 bits per heavy atom. The van der Waals surface area contributed by atoms with Gasteiger partial charge in [0.05, 0.1) is 5.82 Å². The predicted molar refractivity (Wildman–Crippen MR) is 44.2 cm³/mol. The number of rotatable bonds is 0. The topological polar surface area (TPSA) is 24.1 Å². The van der Waals surface area contributed by atoms with E-state index in [2.05, 4.69) is 10.6 Å². The van der Waals surface area contributed by atoms with Crippen molar-refractivity contribution in [3.05, 3.63) is 11.3 Å². The van der Waals surface area contributed by atoms with Gasteiger partial charge in [0, 0.05) is 13.1 Å². The Morgan fingerprint density at radius 3 is 3.00 bits per heavy atom. The van der Waals surface area contributed by atoms with Crippen LogP contribution in [0.5, 0.6) is 0 Å². The molecule has 2 heterocycles. The van der Waals surface area contributed by atoms with Crippen molar-refractivity contribution in [1.29, 1.82) is 0 Å². The van der Waals surface area contributed by atoms with Crippen LogP contribution in [0.2, 0.25) is 6.32 Å². The van der Waals surface area contributed by atoms with Crippen molar-refractivity contribution >= 4 is 7.28 Å². The molecule has 0 saturated carbocycles. The maximum Gasteiger partial charge on any atom is 0.158 e. The molecular formula is C7H13BN2. The minimum atomic E-state index is 1.16. The van der Waals surface area contributed by atoms with Gasteiger partial charge in [0.25, 0.3) is 0 Å². The summed E-state index contributed by atoms with van der Waals surface area (Å²) < 4.78 is 0. The van der Waals surface area contributed by atoms with Crippen molar-refractivity contribution in [2.75, 3.05) is 13.1 Å². The van der Waals surface area contributed by atoms with Crippen molar-refractivity contribution in [3.8, 4) is 0 Å². The van der Waals surface area contributed by atoms with E-state index in [1.165, 1.54) is 32.3 Å². The second-order valence-electron chi connectivity index (χ2n) is 3.04. The fourth-order valence-corrected chi connectivity index (χ4v) is 1.72. The molecule has 0 atom stereocenters. The van der Waals surface area contributed by atoms with Gasteiger partial charge in [-0.1, -0.05) is 11.8 Å². The summed E-state index contributed by atoms with van der Waals surface area (Å²) >= 11 is 0. The summed E-state index contributed by atoms with van der Waals surface area (Å²) in [5, 5.41) is 6.78. The summed E-state index contributed by atoms with van der Waals surface area (Å²) in [6.07, 6.45) is 3.95. The van der Waals surface area contributed by atoms with Gasteiger partial charge in [0.2, 0.25) is 0 Å². The van der Waals surface area contributed by atoms with E-state index >= 15 is 0 Å². The molecule has 2 N–H and O–H groups in total. The van der Waals surface area contributed by atoms with Gasteiger partial charge in [-0.3, -0.25) is 0 Å². The maximum absolute atomic E-state index is 3.39. The van der Waals surface area contributed by atoms with E-state index in [4.69, 9.17) is 0 Å². The minimum Gasteiger partial charge on any atom is -0.373 e. The number of allylic oxidation sites excluding steroid dienone is 1. The second-order valence-corrected chi connectivity index (χ2v) is 3.04. The molecule has 3 heteroatoms. The molecule has 0 aromatic rings. The number of hydrogen-bond acceptors (Lipinski definition) is 2. The Bertz CT molecular complexity index is 131. The molecule has 0 aromatic heterocycles. The van der Waals surface area contributed by atoms with Crippen molar-refractivity contribution in [2.45, 2.75) is 19.2 Å². The van der Waals surface area contributed by atoms with Crippen LogP contribution in [0, 0.1) is 0 Å². The van der Waals surface area contributed by atoms with Crippen LogP contribution in [-0.2, 0) is 0 Å². The van der Waals surface area contributed by atoms with Gasteiger partial charge in [0.1, 0.15) is 0 Å². The highest BCUT2D eigenvalue weighted by molar-refractivity contribution is 6.45. The SMILES string of the molecule is B1CCNC2=C1CCCN2. The Morgan fingerprint density at radius 1 is 1.20 bits per heavy atom. The third-order valence-corrected chi connectivity index (χ3v) is 2.27. The van der Waals surface area contributed by atoms with E-state index in [0.29, 0.717) is 0 Å². The average molecular weight is 136 g/mol. The van der Waals surface area contributed by atoms with Crippen molar-refractivity contribution < 1.29 is 0 Å². The van der Waals surface area contributed by atoms with Gasteiger partial charge in [-0.25, -0.2) is 0 Å². The second kappa shape index (κ2) is 2.56. The molecular weight excluding hydrogens is 123 g/mol. The maximum atomic E-state index is 3.39. The third kappa shape index (κ3) is 1.00. The van der Waals surface area contributed by atoms with E-state index in [9.17, 15) is 0 Å². The standard InChI is InChI=1S/C7H13BN2/c1-2-6-7(9-4-1)10-5-3-8-6/h8-10H,1-5H2. The highest BCUT2D eigenvalue weighted by Crippen LogP contribution is 2.15. The highest BCUT2D eigenvalue weighted by atomic mass is 15.1. The van der Waals surface area contributed by atoms with E-state index in [-0.39, 0.29) is 0 Å². The van der Waals surface area contributed by atoms with Gasteiger partial charge in [-0.2, -0.15) is 0 Å². The zero-order chi connectivity index (χ0) is 6.81. The predicted octanol–water partition coefficient (Wildman–Crippen LogP) is -0.00310. The van der Waals surface area contributed by atoms with Gasteiger partial charge >= 0.3 is 0 Å².